The predicted octanol–water partition coefficient (Wildman–Crippen LogP) is 0.953. The van der Waals surface area contributed by atoms with E-state index in [-0.39, 0.29) is 12.3 Å². The van der Waals surface area contributed by atoms with Gasteiger partial charge in [0.15, 0.2) is 0 Å². The Morgan fingerprint density at radius 1 is 1.12 bits per heavy atom. The first kappa shape index (κ1) is 19.0. The van der Waals surface area contributed by atoms with E-state index in [1.54, 1.807) is 4.90 Å². The zero-order valence-corrected chi connectivity index (χ0v) is 15.5. The van der Waals surface area contributed by atoms with Gasteiger partial charge in [0.25, 0.3) is 0 Å². The molecule has 0 spiro atoms. The number of rotatable bonds is 4. The van der Waals surface area contributed by atoms with Gasteiger partial charge in [0.05, 0.1) is 6.17 Å². The Morgan fingerprint density at radius 2 is 1.71 bits per heavy atom. The van der Waals surface area contributed by atoms with Gasteiger partial charge in [0.1, 0.15) is 5.60 Å². The lowest BCUT2D eigenvalue weighted by molar-refractivity contribution is -0.112. The van der Waals surface area contributed by atoms with Crippen molar-refractivity contribution < 1.29 is 14.3 Å². The van der Waals surface area contributed by atoms with E-state index in [4.69, 9.17) is 4.74 Å². The van der Waals surface area contributed by atoms with Crippen molar-refractivity contribution in [2.45, 2.75) is 45.4 Å². The molecule has 7 heteroatoms. The van der Waals surface area contributed by atoms with Gasteiger partial charge in [-0.05, 0) is 46.6 Å². The summed E-state index contributed by atoms with van der Waals surface area (Å²) in [6, 6.07) is 0. The van der Waals surface area contributed by atoms with Crippen molar-refractivity contribution in [2.75, 3.05) is 46.3 Å². The summed E-state index contributed by atoms with van der Waals surface area (Å²) in [4.78, 5) is 29.7. The van der Waals surface area contributed by atoms with Crippen LogP contribution < -0.4 is 5.32 Å². The van der Waals surface area contributed by atoms with E-state index >= 15 is 0 Å². The maximum absolute atomic E-state index is 12.2. The van der Waals surface area contributed by atoms with Crippen LogP contribution in [0.1, 0.15) is 33.6 Å². The average molecular weight is 340 g/mol. The standard InChI is InChI=1S/C17H32N4O3/c1-17(2,3)24-16(23)21-7-5-14(6-8-21)15(18-13-22)20-11-9-19(4)10-12-20/h13-15H,5-12H2,1-4H3,(H,18,22). The molecule has 1 atom stereocenters. The average Bonchev–Trinajstić information content (AvgIpc) is 2.52. The summed E-state index contributed by atoms with van der Waals surface area (Å²) in [6.07, 6.45) is 2.41. The first-order valence-electron chi connectivity index (χ1n) is 8.90. The van der Waals surface area contributed by atoms with Gasteiger partial charge in [0.2, 0.25) is 6.41 Å². The van der Waals surface area contributed by atoms with Crippen LogP contribution >= 0.6 is 0 Å². The zero-order valence-electron chi connectivity index (χ0n) is 15.5. The molecule has 7 nitrogen and oxygen atoms in total. The lowest BCUT2D eigenvalue weighted by atomic mass is 9.92. The van der Waals surface area contributed by atoms with Gasteiger partial charge in [-0.2, -0.15) is 0 Å². The van der Waals surface area contributed by atoms with Crippen LogP contribution in [0, 0.1) is 5.92 Å². The normalized spacial score (nSPS) is 22.9. The quantitative estimate of drug-likeness (QED) is 0.772. The lowest BCUT2D eigenvalue weighted by Crippen LogP contribution is -2.58. The number of likely N-dealkylation sites (N-methyl/N-ethyl adjacent to an activating group) is 1. The number of piperazine rings is 1. The molecule has 0 aromatic rings. The summed E-state index contributed by atoms with van der Waals surface area (Å²) in [5.41, 5.74) is -0.463. The Hall–Kier alpha value is -1.34. The Balaban J connectivity index is 1.88. The number of amides is 2. The number of ether oxygens (including phenoxy) is 1. The highest BCUT2D eigenvalue weighted by Crippen LogP contribution is 2.24. The fourth-order valence-electron chi connectivity index (χ4n) is 3.43. The van der Waals surface area contributed by atoms with Crippen LogP contribution in [0.15, 0.2) is 0 Å². The first-order chi connectivity index (χ1) is 11.3. The molecule has 2 fully saturated rings. The predicted molar refractivity (Wildman–Crippen MR) is 92.6 cm³/mol. The van der Waals surface area contributed by atoms with Crippen molar-refractivity contribution in [1.82, 2.24) is 20.0 Å². The molecule has 2 heterocycles. The Kier molecular flexibility index (Phi) is 6.46. The number of nitrogens with one attached hydrogen (secondary N) is 1. The summed E-state index contributed by atoms with van der Waals surface area (Å²) >= 11 is 0. The molecule has 0 saturated carbocycles. The van der Waals surface area contributed by atoms with Crippen molar-refractivity contribution in [3.63, 3.8) is 0 Å². The van der Waals surface area contributed by atoms with Crippen molar-refractivity contribution in [2.24, 2.45) is 5.92 Å². The van der Waals surface area contributed by atoms with Crippen LogP contribution in [0.5, 0.6) is 0 Å². The zero-order chi connectivity index (χ0) is 17.7. The summed E-state index contributed by atoms with van der Waals surface area (Å²) < 4.78 is 5.45. The molecule has 0 radical (unpaired) electrons. The van der Waals surface area contributed by atoms with E-state index in [2.05, 4.69) is 22.2 Å². The molecule has 2 rings (SSSR count). The van der Waals surface area contributed by atoms with Gasteiger partial charge in [-0.15, -0.1) is 0 Å². The van der Waals surface area contributed by atoms with Crippen molar-refractivity contribution in [3.8, 4) is 0 Å². The van der Waals surface area contributed by atoms with E-state index in [9.17, 15) is 9.59 Å². The van der Waals surface area contributed by atoms with E-state index in [1.807, 2.05) is 20.8 Å². The monoisotopic (exact) mass is 340 g/mol. The van der Waals surface area contributed by atoms with E-state index < -0.39 is 5.60 Å². The fraction of sp³-hybridized carbons (Fsp3) is 0.882. The fourth-order valence-corrected chi connectivity index (χ4v) is 3.43. The third-order valence-corrected chi connectivity index (χ3v) is 4.81. The number of carbonyl (C=O) groups excluding carboxylic acids is 2. The topological polar surface area (TPSA) is 65.1 Å². The molecular formula is C17H32N4O3. The minimum atomic E-state index is -0.463. The van der Waals surface area contributed by atoms with Gasteiger partial charge in [0, 0.05) is 39.3 Å². The lowest BCUT2D eigenvalue weighted by Gasteiger charge is -2.43. The maximum Gasteiger partial charge on any atom is 0.410 e. The van der Waals surface area contributed by atoms with Crippen molar-refractivity contribution >= 4 is 12.5 Å². The number of nitrogens with zero attached hydrogens (tertiary/aromatic N) is 3. The third-order valence-electron chi connectivity index (χ3n) is 4.81. The minimum Gasteiger partial charge on any atom is -0.444 e. The van der Waals surface area contributed by atoms with Crippen LogP contribution in [-0.2, 0) is 9.53 Å². The number of hydrogen-bond donors (Lipinski definition) is 1. The number of hydrogen-bond acceptors (Lipinski definition) is 5. The van der Waals surface area contributed by atoms with Crippen LogP contribution in [0.25, 0.3) is 0 Å². The van der Waals surface area contributed by atoms with Crippen LogP contribution in [-0.4, -0.2) is 85.3 Å². The first-order valence-corrected chi connectivity index (χ1v) is 8.90. The SMILES string of the molecule is CN1CCN(C(NC=O)C2CCN(C(=O)OC(C)(C)C)CC2)CC1. The van der Waals surface area contributed by atoms with Gasteiger partial charge < -0.3 is 19.9 Å². The highest BCUT2D eigenvalue weighted by Gasteiger charge is 2.34. The molecule has 2 saturated heterocycles. The Bertz CT molecular complexity index is 422. The molecule has 1 N–H and O–H groups in total. The van der Waals surface area contributed by atoms with E-state index in [1.165, 1.54) is 0 Å². The second-order valence-electron chi connectivity index (χ2n) is 7.87. The molecular weight excluding hydrogens is 308 g/mol. The molecule has 2 aliphatic rings. The third kappa shape index (κ3) is 5.34. The van der Waals surface area contributed by atoms with Gasteiger partial charge in [-0.25, -0.2) is 4.79 Å². The Labute approximate surface area is 145 Å². The largest absolute Gasteiger partial charge is 0.444 e. The van der Waals surface area contributed by atoms with Gasteiger partial charge in [-0.3, -0.25) is 9.69 Å². The van der Waals surface area contributed by atoms with Crippen LogP contribution in [0.4, 0.5) is 4.79 Å². The Morgan fingerprint density at radius 3 is 2.21 bits per heavy atom. The molecule has 24 heavy (non-hydrogen) atoms. The highest BCUT2D eigenvalue weighted by molar-refractivity contribution is 5.68. The molecule has 2 aliphatic heterocycles. The molecule has 0 aromatic heterocycles. The van der Waals surface area contributed by atoms with Crippen molar-refractivity contribution in [3.05, 3.63) is 0 Å². The molecule has 0 aliphatic carbocycles. The molecule has 0 bridgehead atoms. The number of likely N-dealkylation sites (tertiary alicyclic amines) is 1. The molecule has 1 unspecified atom stereocenters. The maximum atomic E-state index is 12.2. The van der Waals surface area contributed by atoms with Crippen LogP contribution in [0.2, 0.25) is 0 Å². The highest BCUT2D eigenvalue weighted by atomic mass is 16.6. The summed E-state index contributed by atoms with van der Waals surface area (Å²) in [5, 5.41) is 3.01. The number of carbonyl (C=O) groups is 2. The van der Waals surface area contributed by atoms with Gasteiger partial charge in [-0.1, -0.05) is 0 Å². The van der Waals surface area contributed by atoms with E-state index in [0.717, 1.165) is 45.4 Å². The summed E-state index contributed by atoms with van der Waals surface area (Å²) in [6.45, 7) is 11.0. The summed E-state index contributed by atoms with van der Waals surface area (Å²) in [5.74, 6) is 0.372. The smallest absolute Gasteiger partial charge is 0.410 e. The second kappa shape index (κ2) is 8.16. The van der Waals surface area contributed by atoms with Crippen molar-refractivity contribution in [1.29, 1.82) is 0 Å². The van der Waals surface area contributed by atoms with Crippen LogP contribution in [0.3, 0.4) is 0 Å². The van der Waals surface area contributed by atoms with Gasteiger partial charge >= 0.3 is 6.09 Å². The number of piperidine rings is 1. The van der Waals surface area contributed by atoms with E-state index in [0.29, 0.717) is 19.0 Å². The molecule has 0 aromatic carbocycles. The summed E-state index contributed by atoms with van der Waals surface area (Å²) in [7, 11) is 2.12. The second-order valence-corrected chi connectivity index (χ2v) is 7.87. The minimum absolute atomic E-state index is 0.0667. The molecule has 138 valence electrons. The molecule has 2 amide bonds.